The van der Waals surface area contributed by atoms with Crippen molar-refractivity contribution in [3.63, 3.8) is 0 Å². The van der Waals surface area contributed by atoms with Crippen molar-refractivity contribution in [3.8, 4) is 0 Å². The number of anilines is 4. The summed E-state index contributed by atoms with van der Waals surface area (Å²) in [5, 5.41) is 12.3. The van der Waals surface area contributed by atoms with Crippen molar-refractivity contribution in [2.75, 3.05) is 58.4 Å². The molecule has 0 radical (unpaired) electrons. The van der Waals surface area contributed by atoms with Crippen molar-refractivity contribution in [1.29, 1.82) is 0 Å². The average molecular weight is 604 g/mol. The minimum absolute atomic E-state index is 0.193. The molecule has 1 aromatic heterocycles. The Balaban J connectivity index is 1.34. The number of aliphatic hydroxyl groups excluding tert-OH is 1. The van der Waals surface area contributed by atoms with E-state index in [1.807, 2.05) is 17.9 Å². The number of fused-ring (bicyclic) bond motifs is 1. The van der Waals surface area contributed by atoms with Gasteiger partial charge in [-0.1, -0.05) is 0 Å². The lowest BCUT2D eigenvalue weighted by Crippen LogP contribution is -2.39. The normalized spacial score (nSPS) is 20.9. The van der Waals surface area contributed by atoms with Gasteiger partial charge in [-0.05, 0) is 92.2 Å². The average Bonchev–Trinajstić information content (AvgIpc) is 3.48. The monoisotopic (exact) mass is 603 g/mol. The van der Waals surface area contributed by atoms with Gasteiger partial charge in [-0.2, -0.15) is 0 Å². The van der Waals surface area contributed by atoms with Crippen LogP contribution in [0.3, 0.4) is 0 Å². The van der Waals surface area contributed by atoms with Crippen molar-refractivity contribution in [3.05, 3.63) is 40.5 Å². The van der Waals surface area contributed by atoms with E-state index in [2.05, 4.69) is 19.9 Å². The number of rotatable bonds is 8. The van der Waals surface area contributed by atoms with Crippen LogP contribution >= 0.6 is 0 Å². The van der Waals surface area contributed by atoms with Crippen LogP contribution < -0.4 is 19.8 Å². The fourth-order valence-electron chi connectivity index (χ4n) is 6.72. The van der Waals surface area contributed by atoms with Gasteiger partial charge in [0.1, 0.15) is 11.6 Å². The van der Waals surface area contributed by atoms with Crippen LogP contribution in [0.4, 0.5) is 31.8 Å². The second-order valence-corrected chi connectivity index (χ2v) is 14.3. The Labute approximate surface area is 245 Å². The zero-order valence-corrected chi connectivity index (χ0v) is 24.8. The Hall–Kier alpha value is -2.99. The molecule has 2 aliphatic heterocycles. The summed E-state index contributed by atoms with van der Waals surface area (Å²) in [5.74, 6) is -2.46. The van der Waals surface area contributed by atoms with Crippen molar-refractivity contribution in [2.24, 2.45) is 5.41 Å². The van der Waals surface area contributed by atoms with Crippen LogP contribution in [0.2, 0.25) is 0 Å². The van der Waals surface area contributed by atoms with Gasteiger partial charge in [0, 0.05) is 39.0 Å². The minimum Gasteiger partial charge on any atom is -0.395 e. The molecule has 6 rings (SSSR count). The third-order valence-electron chi connectivity index (χ3n) is 9.37. The maximum atomic E-state index is 14.1. The zero-order chi connectivity index (χ0) is 29.7. The molecule has 12 heteroatoms. The predicted molar refractivity (Wildman–Crippen MR) is 159 cm³/mol. The molecule has 2 saturated heterocycles. The number of hydrogen-bond acceptors (Lipinski definition) is 7. The highest BCUT2D eigenvalue weighted by Crippen LogP contribution is 2.54. The third kappa shape index (κ3) is 6.06. The Morgan fingerprint density at radius 1 is 0.976 bits per heavy atom. The lowest BCUT2D eigenvalue weighted by molar-refractivity contribution is -0.0221. The van der Waals surface area contributed by atoms with Gasteiger partial charge in [-0.3, -0.25) is 9.52 Å². The molecule has 2 aliphatic carbocycles. The summed E-state index contributed by atoms with van der Waals surface area (Å²) in [4.78, 5) is 22.8. The van der Waals surface area contributed by atoms with Gasteiger partial charge in [0.15, 0.2) is 0 Å². The number of alkyl halides is 2. The number of pyridine rings is 1. The summed E-state index contributed by atoms with van der Waals surface area (Å²) in [7, 11) is -3.75. The molecule has 1 aromatic carbocycles. The molecule has 228 valence electrons. The summed E-state index contributed by atoms with van der Waals surface area (Å²) in [6.45, 7) is 3.36. The number of halogens is 2. The van der Waals surface area contributed by atoms with E-state index in [1.165, 1.54) is 12.8 Å². The van der Waals surface area contributed by atoms with Crippen LogP contribution in [0.5, 0.6) is 0 Å². The molecule has 3 fully saturated rings. The highest BCUT2D eigenvalue weighted by molar-refractivity contribution is 7.92. The molecule has 0 bridgehead atoms. The fraction of sp³-hybridized carbons (Fsp3) is 0.600. The van der Waals surface area contributed by atoms with E-state index >= 15 is 0 Å². The SMILES string of the molecule is Cc1cc(NC(=O)c2c(N3CCC4(CC3)CC4)cc(NS(=O)(=O)CCO)c3c2CCC3)nc(N2CCC(F)(F)CC2)c1. The summed E-state index contributed by atoms with van der Waals surface area (Å²) in [6, 6.07) is 5.41. The Kier molecular flexibility index (Phi) is 7.57. The Morgan fingerprint density at radius 3 is 2.31 bits per heavy atom. The van der Waals surface area contributed by atoms with E-state index in [1.54, 1.807) is 12.1 Å². The standard InChI is InChI=1S/C30H39F2N5O4S/c1-20-17-25(33-26(18-20)37-13-9-30(31,32)10-14-37)34-28(39)27-22-4-2-3-21(22)23(35-42(40,41)16-15-38)19-24(27)36-11-7-29(5-6-29)8-12-36/h17-19,35,38H,2-16H2,1H3,(H,33,34,39). The number of hydrogen-bond donors (Lipinski definition) is 3. The molecule has 1 spiro atoms. The van der Waals surface area contributed by atoms with Crippen LogP contribution in [0.1, 0.15) is 72.0 Å². The topological polar surface area (TPSA) is 115 Å². The Morgan fingerprint density at radius 2 is 1.64 bits per heavy atom. The van der Waals surface area contributed by atoms with Crippen molar-refractivity contribution in [2.45, 2.75) is 70.6 Å². The first-order valence-corrected chi connectivity index (χ1v) is 16.6. The molecule has 1 saturated carbocycles. The van der Waals surface area contributed by atoms with Gasteiger partial charge in [-0.15, -0.1) is 0 Å². The number of piperidine rings is 2. The van der Waals surface area contributed by atoms with E-state index < -0.39 is 28.3 Å². The first-order chi connectivity index (χ1) is 20.0. The maximum Gasteiger partial charge on any atom is 0.259 e. The van der Waals surface area contributed by atoms with Crippen molar-refractivity contribution < 1.29 is 27.1 Å². The smallest absolute Gasteiger partial charge is 0.259 e. The molecule has 0 atom stereocenters. The van der Waals surface area contributed by atoms with Gasteiger partial charge >= 0.3 is 0 Å². The quantitative estimate of drug-likeness (QED) is 0.408. The Bertz CT molecular complexity index is 1480. The molecule has 42 heavy (non-hydrogen) atoms. The number of aromatic nitrogens is 1. The van der Waals surface area contributed by atoms with Crippen molar-refractivity contribution >= 4 is 38.9 Å². The van der Waals surface area contributed by atoms with E-state index in [4.69, 9.17) is 0 Å². The summed E-state index contributed by atoms with van der Waals surface area (Å²) < 4.78 is 55.5. The number of aliphatic hydroxyl groups is 1. The van der Waals surface area contributed by atoms with Gasteiger partial charge in [0.25, 0.3) is 11.8 Å². The van der Waals surface area contributed by atoms with Crippen LogP contribution in [0, 0.1) is 12.3 Å². The second-order valence-electron chi connectivity index (χ2n) is 12.4. The minimum atomic E-state index is -3.75. The molecule has 4 aliphatic rings. The summed E-state index contributed by atoms with van der Waals surface area (Å²) >= 11 is 0. The number of carbonyl (C=O) groups is 1. The zero-order valence-electron chi connectivity index (χ0n) is 24.0. The van der Waals surface area contributed by atoms with Crippen LogP contribution in [0.25, 0.3) is 0 Å². The van der Waals surface area contributed by atoms with Crippen LogP contribution in [-0.4, -0.2) is 68.9 Å². The molecule has 1 amide bonds. The number of nitrogens with one attached hydrogen (secondary N) is 2. The van der Waals surface area contributed by atoms with Crippen molar-refractivity contribution in [1.82, 2.24) is 4.98 Å². The lowest BCUT2D eigenvalue weighted by atomic mass is 9.91. The predicted octanol–water partition coefficient (Wildman–Crippen LogP) is 4.48. The lowest BCUT2D eigenvalue weighted by Gasteiger charge is -2.36. The van der Waals surface area contributed by atoms with Gasteiger partial charge in [0.2, 0.25) is 10.0 Å². The number of sulfonamides is 1. The number of benzene rings is 1. The second kappa shape index (κ2) is 10.9. The van der Waals surface area contributed by atoms with Crippen LogP contribution in [-0.2, 0) is 22.9 Å². The van der Waals surface area contributed by atoms with Gasteiger partial charge in [0.05, 0.1) is 29.3 Å². The molecule has 3 heterocycles. The summed E-state index contributed by atoms with van der Waals surface area (Å²) in [5.41, 5.74) is 4.65. The number of carbonyl (C=O) groups excluding carboxylic acids is 1. The van der Waals surface area contributed by atoms with E-state index in [9.17, 15) is 27.1 Å². The first-order valence-electron chi connectivity index (χ1n) is 14.9. The highest BCUT2D eigenvalue weighted by Gasteiger charge is 2.45. The molecule has 9 nitrogen and oxygen atoms in total. The highest BCUT2D eigenvalue weighted by atomic mass is 32.2. The van der Waals surface area contributed by atoms with Crippen LogP contribution in [0.15, 0.2) is 18.2 Å². The molecule has 0 unspecified atom stereocenters. The van der Waals surface area contributed by atoms with Gasteiger partial charge in [-0.25, -0.2) is 22.2 Å². The first kappa shape index (κ1) is 29.1. The van der Waals surface area contributed by atoms with E-state index in [0.29, 0.717) is 46.8 Å². The largest absolute Gasteiger partial charge is 0.395 e. The third-order valence-corrected chi connectivity index (χ3v) is 10.6. The fourth-order valence-corrected chi connectivity index (χ4v) is 7.58. The van der Waals surface area contributed by atoms with E-state index in [-0.39, 0.29) is 31.8 Å². The van der Waals surface area contributed by atoms with Gasteiger partial charge < -0.3 is 20.2 Å². The van der Waals surface area contributed by atoms with E-state index in [0.717, 1.165) is 49.0 Å². The molecular formula is C30H39F2N5O4S. The molecule has 3 N–H and O–H groups in total. The number of amides is 1. The number of nitrogens with zero attached hydrogens (tertiary/aromatic N) is 3. The summed E-state index contributed by atoms with van der Waals surface area (Å²) in [6.07, 6.45) is 6.17. The maximum absolute atomic E-state index is 14.1. The number of aryl methyl sites for hydroxylation is 1. The molecule has 2 aromatic rings. The molecular weight excluding hydrogens is 564 g/mol.